The zero-order valence-electron chi connectivity index (χ0n) is 9.09. The molecule has 0 aliphatic heterocycles. The molecule has 0 saturated carbocycles. The van der Waals surface area contributed by atoms with Crippen molar-refractivity contribution >= 4 is 5.78 Å². The lowest BCUT2D eigenvalue weighted by molar-refractivity contribution is 0.398. The molecule has 6 heteroatoms. The second-order valence-electron chi connectivity index (χ2n) is 3.67. The SMILES string of the molecule is CCCCCc1c(O)nc2ncnn2c1O. The van der Waals surface area contributed by atoms with Crippen molar-refractivity contribution in [3.8, 4) is 11.8 Å². The van der Waals surface area contributed by atoms with Gasteiger partial charge in [0, 0.05) is 0 Å². The van der Waals surface area contributed by atoms with Crippen LogP contribution in [-0.4, -0.2) is 29.8 Å². The second kappa shape index (κ2) is 4.34. The van der Waals surface area contributed by atoms with Gasteiger partial charge in [0.15, 0.2) is 0 Å². The van der Waals surface area contributed by atoms with Crippen molar-refractivity contribution in [1.29, 1.82) is 0 Å². The van der Waals surface area contributed by atoms with Crippen LogP contribution in [0.3, 0.4) is 0 Å². The molecule has 2 aromatic heterocycles. The highest BCUT2D eigenvalue weighted by Gasteiger charge is 2.14. The van der Waals surface area contributed by atoms with Crippen molar-refractivity contribution < 1.29 is 10.2 Å². The first-order chi connectivity index (χ1) is 7.74. The zero-order valence-corrected chi connectivity index (χ0v) is 9.09. The molecule has 0 bridgehead atoms. The van der Waals surface area contributed by atoms with Crippen LogP contribution < -0.4 is 0 Å². The largest absolute Gasteiger partial charge is 0.493 e. The quantitative estimate of drug-likeness (QED) is 0.761. The van der Waals surface area contributed by atoms with Crippen LogP contribution in [-0.2, 0) is 6.42 Å². The van der Waals surface area contributed by atoms with Crippen LogP contribution in [0.2, 0.25) is 0 Å². The fourth-order valence-electron chi connectivity index (χ4n) is 1.63. The number of nitrogens with zero attached hydrogens (tertiary/aromatic N) is 4. The normalized spacial score (nSPS) is 11.1. The van der Waals surface area contributed by atoms with Crippen LogP contribution in [0.1, 0.15) is 31.7 Å². The smallest absolute Gasteiger partial charge is 0.258 e. The minimum Gasteiger partial charge on any atom is -0.493 e. The summed E-state index contributed by atoms with van der Waals surface area (Å²) in [6.07, 6.45) is 4.92. The molecular weight excluding hydrogens is 208 g/mol. The predicted octanol–water partition coefficient (Wildman–Crippen LogP) is 1.27. The van der Waals surface area contributed by atoms with Gasteiger partial charge >= 0.3 is 0 Å². The van der Waals surface area contributed by atoms with E-state index in [0.717, 1.165) is 19.3 Å². The van der Waals surface area contributed by atoms with E-state index in [2.05, 4.69) is 22.0 Å². The molecule has 0 fully saturated rings. The van der Waals surface area contributed by atoms with Crippen molar-refractivity contribution in [3.63, 3.8) is 0 Å². The predicted molar refractivity (Wildman–Crippen MR) is 57.3 cm³/mol. The first-order valence-corrected chi connectivity index (χ1v) is 5.34. The number of hydrogen-bond donors (Lipinski definition) is 2. The lowest BCUT2D eigenvalue weighted by Crippen LogP contribution is -1.99. The van der Waals surface area contributed by atoms with Gasteiger partial charge in [0.1, 0.15) is 6.33 Å². The highest BCUT2D eigenvalue weighted by Crippen LogP contribution is 2.26. The molecule has 2 N–H and O–H groups in total. The molecule has 0 spiro atoms. The summed E-state index contributed by atoms with van der Waals surface area (Å²) >= 11 is 0. The van der Waals surface area contributed by atoms with Crippen LogP contribution >= 0.6 is 0 Å². The number of hydrogen-bond acceptors (Lipinski definition) is 5. The maximum atomic E-state index is 9.88. The monoisotopic (exact) mass is 222 g/mol. The van der Waals surface area contributed by atoms with E-state index < -0.39 is 0 Å². The number of rotatable bonds is 4. The van der Waals surface area contributed by atoms with Gasteiger partial charge in [0.05, 0.1) is 5.56 Å². The van der Waals surface area contributed by atoms with Gasteiger partial charge in [-0.05, 0) is 12.8 Å². The Labute approximate surface area is 92.6 Å². The molecule has 2 heterocycles. The highest BCUT2D eigenvalue weighted by molar-refractivity contribution is 5.42. The van der Waals surface area contributed by atoms with Gasteiger partial charge in [-0.3, -0.25) is 0 Å². The zero-order chi connectivity index (χ0) is 11.5. The van der Waals surface area contributed by atoms with Crippen LogP contribution in [0.4, 0.5) is 0 Å². The van der Waals surface area contributed by atoms with E-state index in [0.29, 0.717) is 12.0 Å². The van der Waals surface area contributed by atoms with Gasteiger partial charge in [0.2, 0.25) is 11.8 Å². The minimum atomic E-state index is -0.158. The van der Waals surface area contributed by atoms with Gasteiger partial charge in [-0.15, -0.1) is 0 Å². The second-order valence-corrected chi connectivity index (χ2v) is 3.67. The first-order valence-electron chi connectivity index (χ1n) is 5.34. The lowest BCUT2D eigenvalue weighted by Gasteiger charge is -2.06. The average Bonchev–Trinajstić information content (AvgIpc) is 2.71. The van der Waals surface area contributed by atoms with Crippen molar-refractivity contribution in [2.45, 2.75) is 32.6 Å². The molecule has 0 unspecified atom stereocenters. The molecule has 2 rings (SSSR count). The Kier molecular flexibility index (Phi) is 2.89. The molecule has 0 saturated heterocycles. The topological polar surface area (TPSA) is 83.5 Å². The Morgan fingerprint density at radius 3 is 2.88 bits per heavy atom. The van der Waals surface area contributed by atoms with Gasteiger partial charge in [-0.2, -0.15) is 19.6 Å². The standard InChI is InChI=1S/C10H14N4O2/c1-2-3-4-5-7-8(15)13-10-11-6-12-14(10)9(7)16/h6,16H,2-5H2,1H3,(H,11,12,13,15). The number of fused-ring (bicyclic) bond motifs is 1. The van der Waals surface area contributed by atoms with Crippen molar-refractivity contribution in [1.82, 2.24) is 19.6 Å². The highest BCUT2D eigenvalue weighted by atomic mass is 16.3. The van der Waals surface area contributed by atoms with Crippen LogP contribution in [0.25, 0.3) is 5.78 Å². The molecule has 0 atom stereocenters. The molecule has 0 radical (unpaired) electrons. The average molecular weight is 222 g/mol. The molecule has 16 heavy (non-hydrogen) atoms. The minimum absolute atomic E-state index is 0.0731. The summed E-state index contributed by atoms with van der Waals surface area (Å²) in [4.78, 5) is 7.66. The van der Waals surface area contributed by atoms with Crippen LogP contribution in [0, 0.1) is 0 Å². The number of unbranched alkanes of at least 4 members (excludes halogenated alkanes) is 2. The summed E-state index contributed by atoms with van der Waals surface area (Å²) in [5, 5.41) is 23.4. The third-order valence-electron chi connectivity index (χ3n) is 2.51. The fourth-order valence-corrected chi connectivity index (χ4v) is 1.63. The van der Waals surface area contributed by atoms with Gasteiger partial charge in [-0.1, -0.05) is 19.8 Å². The molecule has 86 valence electrons. The summed E-state index contributed by atoms with van der Waals surface area (Å²) in [7, 11) is 0. The number of aromatic hydroxyl groups is 2. The summed E-state index contributed by atoms with van der Waals surface area (Å²) in [6.45, 7) is 2.10. The Morgan fingerprint density at radius 1 is 1.31 bits per heavy atom. The van der Waals surface area contributed by atoms with Gasteiger partial charge in [-0.25, -0.2) is 0 Å². The maximum Gasteiger partial charge on any atom is 0.258 e. The van der Waals surface area contributed by atoms with Gasteiger partial charge in [0.25, 0.3) is 5.78 Å². The Bertz CT molecular complexity index is 495. The fraction of sp³-hybridized carbons (Fsp3) is 0.500. The summed E-state index contributed by atoms with van der Waals surface area (Å²) in [5.74, 6) is -0.0283. The van der Waals surface area contributed by atoms with Crippen LogP contribution in [0.5, 0.6) is 11.8 Å². The third kappa shape index (κ3) is 1.78. The van der Waals surface area contributed by atoms with E-state index in [1.54, 1.807) is 0 Å². The Hall–Kier alpha value is -1.85. The van der Waals surface area contributed by atoms with Crippen molar-refractivity contribution in [2.75, 3.05) is 0 Å². The van der Waals surface area contributed by atoms with E-state index in [1.165, 1.54) is 10.8 Å². The number of aromatic nitrogens is 4. The third-order valence-corrected chi connectivity index (χ3v) is 2.51. The summed E-state index contributed by atoms with van der Waals surface area (Å²) in [6, 6.07) is 0. The van der Waals surface area contributed by atoms with E-state index in [9.17, 15) is 10.2 Å². The van der Waals surface area contributed by atoms with Crippen molar-refractivity contribution in [2.24, 2.45) is 0 Å². The van der Waals surface area contributed by atoms with E-state index in [1.807, 2.05) is 0 Å². The molecule has 0 aliphatic carbocycles. The molecule has 2 aromatic rings. The summed E-state index contributed by atoms with van der Waals surface area (Å²) < 4.78 is 1.22. The van der Waals surface area contributed by atoms with E-state index >= 15 is 0 Å². The first kappa shape index (κ1) is 10.7. The molecular formula is C10H14N4O2. The van der Waals surface area contributed by atoms with Crippen molar-refractivity contribution in [3.05, 3.63) is 11.9 Å². The lowest BCUT2D eigenvalue weighted by atomic mass is 10.1. The Morgan fingerprint density at radius 2 is 2.12 bits per heavy atom. The summed E-state index contributed by atoms with van der Waals surface area (Å²) in [5.41, 5.74) is 0.437. The molecule has 6 nitrogen and oxygen atoms in total. The van der Waals surface area contributed by atoms with E-state index in [-0.39, 0.29) is 17.5 Å². The maximum absolute atomic E-state index is 9.88. The van der Waals surface area contributed by atoms with E-state index in [4.69, 9.17) is 0 Å². The van der Waals surface area contributed by atoms with Gasteiger partial charge < -0.3 is 10.2 Å². The molecule has 0 amide bonds. The molecule has 0 aliphatic rings. The molecule has 0 aromatic carbocycles. The Balaban J connectivity index is 2.35. The van der Waals surface area contributed by atoms with Crippen LogP contribution in [0.15, 0.2) is 6.33 Å².